The number of carboxylic acids is 1. The molecule has 2 aliphatic carbocycles. The number of amides is 2. The second kappa shape index (κ2) is 9.43. The number of aliphatic carboxylic acids is 1. The van der Waals surface area contributed by atoms with Gasteiger partial charge < -0.3 is 20.1 Å². The van der Waals surface area contributed by atoms with Crippen LogP contribution >= 0.6 is 0 Å². The van der Waals surface area contributed by atoms with Crippen LogP contribution in [0.1, 0.15) is 68.0 Å². The van der Waals surface area contributed by atoms with E-state index in [0.717, 1.165) is 18.4 Å². The normalized spacial score (nSPS) is 23.5. The number of nitrogens with one attached hydrogen (secondary N) is 1. The lowest BCUT2D eigenvalue weighted by Crippen LogP contribution is -2.50. The smallest absolute Gasteiger partial charge is 0.303 e. The van der Waals surface area contributed by atoms with Crippen LogP contribution in [0.3, 0.4) is 0 Å². The van der Waals surface area contributed by atoms with Crippen molar-refractivity contribution in [3.63, 3.8) is 0 Å². The maximum absolute atomic E-state index is 15.1. The van der Waals surface area contributed by atoms with E-state index in [9.17, 15) is 14.4 Å². The minimum Gasteiger partial charge on any atom is -0.481 e. The molecular weight excluding hydrogens is 477 g/mol. The van der Waals surface area contributed by atoms with Crippen LogP contribution in [-0.2, 0) is 32.6 Å². The lowest BCUT2D eigenvalue weighted by atomic mass is 9.72. The number of hydrogen-bond acceptors (Lipinski definition) is 5. The number of fused-ring (bicyclic) bond motifs is 2. The Balaban J connectivity index is 1.42. The van der Waals surface area contributed by atoms with Gasteiger partial charge in [-0.3, -0.25) is 14.4 Å². The van der Waals surface area contributed by atoms with Crippen molar-refractivity contribution in [3.8, 4) is 5.88 Å². The molecule has 2 aromatic rings. The van der Waals surface area contributed by atoms with Gasteiger partial charge in [-0.15, -0.1) is 0 Å². The first-order valence-electron chi connectivity index (χ1n) is 12.8. The highest BCUT2D eigenvalue weighted by Crippen LogP contribution is 2.43. The number of aromatic nitrogens is 1. The molecule has 2 N–H and O–H groups in total. The quantitative estimate of drug-likeness (QED) is 0.609. The average Bonchev–Trinajstić information content (AvgIpc) is 3.13. The van der Waals surface area contributed by atoms with Crippen molar-refractivity contribution < 1.29 is 28.6 Å². The minimum atomic E-state index is -0.930. The lowest BCUT2D eigenvalue weighted by molar-refractivity contribution is -0.149. The van der Waals surface area contributed by atoms with Crippen LogP contribution in [0.25, 0.3) is 0 Å². The molecule has 3 aliphatic rings. The number of rotatable bonds is 6. The summed E-state index contributed by atoms with van der Waals surface area (Å²) in [6.07, 6.45) is 3.08. The number of halogens is 1. The number of nitrogens with zero attached hydrogens (tertiary/aromatic N) is 2. The first kappa shape index (κ1) is 25.2. The van der Waals surface area contributed by atoms with Crippen LogP contribution in [0, 0.1) is 17.7 Å². The van der Waals surface area contributed by atoms with E-state index < -0.39 is 17.9 Å². The molecule has 0 bridgehead atoms. The fraction of sp³-hybridized carbons (Fsp3) is 0.500. The average molecular weight is 510 g/mol. The van der Waals surface area contributed by atoms with Gasteiger partial charge in [0.15, 0.2) is 0 Å². The Morgan fingerprint density at radius 2 is 1.97 bits per heavy atom. The summed E-state index contributed by atoms with van der Waals surface area (Å²) in [6, 6.07) is 5.67. The summed E-state index contributed by atoms with van der Waals surface area (Å²) < 4.78 is 20.3. The molecular formula is C28H32FN3O5. The molecule has 1 aromatic heterocycles. The van der Waals surface area contributed by atoms with Gasteiger partial charge in [0.1, 0.15) is 11.9 Å². The highest BCUT2D eigenvalue weighted by molar-refractivity contribution is 5.99. The van der Waals surface area contributed by atoms with Gasteiger partial charge in [-0.2, -0.15) is 0 Å². The topological polar surface area (TPSA) is 109 Å². The third-order valence-corrected chi connectivity index (χ3v) is 8.10. The third-order valence-electron chi connectivity index (χ3n) is 8.10. The standard InChI is InChI=1S/C28H32FN3O5/c1-28(2)8-6-16-13-18(14-20(29)24(16)28)30-26(35)25-19-4-5-22(37-3)31-21(19)7-9-32(25)27(36)17-10-15(11-17)12-23(33)34/h4-5,13-15,17,25H,6-12H2,1-3H3,(H,30,35)(H,33,34)/t15-,17+,25?. The van der Waals surface area contributed by atoms with Crippen molar-refractivity contribution in [3.05, 3.63) is 52.5 Å². The molecule has 1 saturated carbocycles. The summed E-state index contributed by atoms with van der Waals surface area (Å²) in [4.78, 5) is 44.3. The second-order valence-corrected chi connectivity index (χ2v) is 11.1. The van der Waals surface area contributed by atoms with Gasteiger partial charge in [0.05, 0.1) is 12.8 Å². The minimum absolute atomic E-state index is 0.0274. The van der Waals surface area contributed by atoms with Crippen molar-refractivity contribution in [1.29, 1.82) is 0 Å². The Hall–Kier alpha value is -3.49. The summed E-state index contributed by atoms with van der Waals surface area (Å²) in [7, 11) is 1.52. The van der Waals surface area contributed by atoms with Crippen LogP contribution in [0.2, 0.25) is 0 Å². The predicted molar refractivity (Wildman–Crippen MR) is 134 cm³/mol. The lowest BCUT2D eigenvalue weighted by Gasteiger charge is -2.42. The molecule has 0 spiro atoms. The number of carbonyl (C=O) groups excluding carboxylic acids is 2. The van der Waals surface area contributed by atoms with E-state index in [1.54, 1.807) is 17.0 Å². The summed E-state index contributed by atoms with van der Waals surface area (Å²) in [6.45, 7) is 4.34. The van der Waals surface area contributed by atoms with Gasteiger partial charge in [-0.1, -0.05) is 13.8 Å². The first-order chi connectivity index (χ1) is 17.6. The SMILES string of the molecule is COc1ccc2c(n1)CCN(C(=O)[C@H]1C[C@@H](CC(=O)O)C1)C2C(=O)Nc1cc(F)c2c(c1)CCC2(C)C. The Labute approximate surface area is 215 Å². The van der Waals surface area contributed by atoms with Gasteiger partial charge in [-0.05, 0) is 66.3 Å². The molecule has 1 aromatic carbocycles. The fourth-order valence-corrected chi connectivity index (χ4v) is 6.16. The molecule has 1 fully saturated rings. The molecule has 2 amide bonds. The predicted octanol–water partition coefficient (Wildman–Crippen LogP) is 4.02. The molecule has 0 radical (unpaired) electrons. The van der Waals surface area contributed by atoms with E-state index in [1.807, 2.05) is 19.9 Å². The maximum atomic E-state index is 15.1. The van der Waals surface area contributed by atoms with Crippen molar-refractivity contribution in [1.82, 2.24) is 9.88 Å². The molecule has 5 rings (SSSR count). The van der Waals surface area contributed by atoms with Crippen LogP contribution in [0.4, 0.5) is 10.1 Å². The van der Waals surface area contributed by atoms with Crippen molar-refractivity contribution in [2.24, 2.45) is 11.8 Å². The molecule has 0 saturated heterocycles. The number of pyridine rings is 1. The van der Waals surface area contributed by atoms with E-state index >= 15 is 4.39 Å². The van der Waals surface area contributed by atoms with Crippen LogP contribution < -0.4 is 10.1 Å². The number of aryl methyl sites for hydroxylation is 1. The van der Waals surface area contributed by atoms with Crippen molar-refractivity contribution in [2.75, 3.05) is 19.0 Å². The summed E-state index contributed by atoms with van der Waals surface area (Å²) in [5.74, 6) is -1.71. The molecule has 196 valence electrons. The molecule has 9 heteroatoms. The second-order valence-electron chi connectivity index (χ2n) is 11.1. The molecule has 2 heterocycles. The Morgan fingerprint density at radius 3 is 2.68 bits per heavy atom. The van der Waals surface area contributed by atoms with E-state index in [0.29, 0.717) is 54.2 Å². The highest BCUT2D eigenvalue weighted by atomic mass is 19.1. The number of hydrogen-bond donors (Lipinski definition) is 2. The number of carboxylic acid groups (broad SMARTS) is 1. The maximum Gasteiger partial charge on any atom is 0.303 e. The zero-order valence-corrected chi connectivity index (χ0v) is 21.3. The zero-order valence-electron chi connectivity index (χ0n) is 21.3. The fourth-order valence-electron chi connectivity index (χ4n) is 6.16. The zero-order chi connectivity index (χ0) is 26.5. The van der Waals surface area contributed by atoms with Gasteiger partial charge >= 0.3 is 5.97 Å². The number of ether oxygens (including phenoxy) is 1. The molecule has 1 atom stereocenters. The number of carbonyl (C=O) groups is 3. The van der Waals surface area contributed by atoms with Crippen LogP contribution in [0.15, 0.2) is 24.3 Å². The van der Waals surface area contributed by atoms with Crippen LogP contribution in [-0.4, -0.2) is 46.4 Å². The number of methoxy groups -OCH3 is 1. The molecule has 37 heavy (non-hydrogen) atoms. The van der Waals surface area contributed by atoms with Gasteiger partial charge in [0, 0.05) is 42.6 Å². The van der Waals surface area contributed by atoms with E-state index in [-0.39, 0.29) is 35.4 Å². The van der Waals surface area contributed by atoms with Crippen molar-refractivity contribution in [2.45, 2.75) is 63.8 Å². The summed E-state index contributed by atoms with van der Waals surface area (Å²) >= 11 is 0. The Morgan fingerprint density at radius 1 is 1.22 bits per heavy atom. The van der Waals surface area contributed by atoms with Gasteiger partial charge in [0.25, 0.3) is 5.91 Å². The number of benzene rings is 1. The molecule has 8 nitrogen and oxygen atoms in total. The first-order valence-corrected chi connectivity index (χ1v) is 12.8. The van der Waals surface area contributed by atoms with Gasteiger partial charge in [-0.25, -0.2) is 9.37 Å². The monoisotopic (exact) mass is 509 g/mol. The Kier molecular flexibility index (Phi) is 6.41. The van der Waals surface area contributed by atoms with E-state index in [2.05, 4.69) is 10.3 Å². The molecule has 1 aliphatic heterocycles. The Bertz CT molecular complexity index is 1270. The van der Waals surface area contributed by atoms with E-state index in [1.165, 1.54) is 13.2 Å². The van der Waals surface area contributed by atoms with Crippen molar-refractivity contribution >= 4 is 23.5 Å². The summed E-state index contributed by atoms with van der Waals surface area (Å²) in [5.41, 5.74) is 3.00. The number of anilines is 1. The highest BCUT2D eigenvalue weighted by Gasteiger charge is 2.44. The largest absolute Gasteiger partial charge is 0.481 e. The molecule has 1 unspecified atom stereocenters. The summed E-state index contributed by atoms with van der Waals surface area (Å²) in [5, 5.41) is 11.9. The van der Waals surface area contributed by atoms with E-state index in [4.69, 9.17) is 9.84 Å². The third kappa shape index (κ3) is 4.67. The van der Waals surface area contributed by atoms with Gasteiger partial charge in [0.2, 0.25) is 11.8 Å². The van der Waals surface area contributed by atoms with Crippen LogP contribution in [0.5, 0.6) is 5.88 Å².